The minimum atomic E-state index is -0.321. The number of halogens is 2. The number of rotatable bonds is 2. The normalized spacial score (nSPS) is 10.1. The van der Waals surface area contributed by atoms with E-state index in [1.54, 1.807) is 30.3 Å². The van der Waals surface area contributed by atoms with Crippen molar-refractivity contribution in [3.05, 3.63) is 51.7 Å². The lowest BCUT2D eigenvalue weighted by Gasteiger charge is -2.07. The van der Waals surface area contributed by atoms with Gasteiger partial charge >= 0.3 is 0 Å². The number of nitrogen functional groups attached to an aromatic ring is 1. The maximum absolute atomic E-state index is 11.9. The Balaban J connectivity index is 2.21. The van der Waals surface area contributed by atoms with Gasteiger partial charge in [0.15, 0.2) is 0 Å². The fourth-order valence-corrected chi connectivity index (χ4v) is 1.79. The molecule has 1 amide bonds. The summed E-state index contributed by atoms with van der Waals surface area (Å²) in [6, 6.07) is 8.33. The Labute approximate surface area is 117 Å². The van der Waals surface area contributed by atoms with Crippen molar-refractivity contribution < 1.29 is 4.79 Å². The van der Waals surface area contributed by atoms with Crippen LogP contribution >= 0.6 is 27.5 Å². The molecule has 18 heavy (non-hydrogen) atoms. The van der Waals surface area contributed by atoms with Crippen LogP contribution in [0.15, 0.2) is 41.0 Å². The summed E-state index contributed by atoms with van der Waals surface area (Å²) >= 11 is 9.04. The number of hydrogen-bond donors (Lipinski definition) is 2. The molecule has 0 saturated heterocycles. The number of aromatic nitrogens is 1. The van der Waals surface area contributed by atoms with Crippen molar-refractivity contribution in [2.24, 2.45) is 0 Å². The number of carbonyl (C=O) groups is 1. The third-order valence-electron chi connectivity index (χ3n) is 2.20. The minimum absolute atomic E-state index is 0.286. The summed E-state index contributed by atoms with van der Waals surface area (Å²) in [5, 5.41) is 3.20. The molecule has 0 aliphatic rings. The Morgan fingerprint density at radius 3 is 2.78 bits per heavy atom. The quantitative estimate of drug-likeness (QED) is 0.832. The zero-order valence-electron chi connectivity index (χ0n) is 9.15. The average molecular weight is 327 g/mol. The van der Waals surface area contributed by atoms with Crippen LogP contribution in [0, 0.1) is 0 Å². The van der Waals surface area contributed by atoms with Crippen molar-refractivity contribution >= 4 is 44.8 Å². The number of carbonyl (C=O) groups excluding carboxylic acids is 1. The van der Waals surface area contributed by atoms with E-state index in [0.29, 0.717) is 16.4 Å². The van der Waals surface area contributed by atoms with Crippen molar-refractivity contribution in [1.82, 2.24) is 4.98 Å². The van der Waals surface area contributed by atoms with Gasteiger partial charge in [0, 0.05) is 16.4 Å². The first-order chi connectivity index (χ1) is 8.56. The largest absolute Gasteiger partial charge is 0.399 e. The smallest absolute Gasteiger partial charge is 0.274 e. The molecule has 0 aliphatic heterocycles. The van der Waals surface area contributed by atoms with E-state index in [4.69, 9.17) is 17.3 Å². The summed E-state index contributed by atoms with van der Waals surface area (Å²) < 4.78 is 0.749. The lowest BCUT2D eigenvalue weighted by atomic mass is 10.2. The molecule has 0 radical (unpaired) electrons. The van der Waals surface area contributed by atoms with Crippen molar-refractivity contribution in [2.45, 2.75) is 0 Å². The highest BCUT2D eigenvalue weighted by Gasteiger charge is 2.09. The number of hydrogen-bond acceptors (Lipinski definition) is 3. The predicted molar refractivity (Wildman–Crippen MR) is 75.8 cm³/mol. The van der Waals surface area contributed by atoms with Gasteiger partial charge in [-0.25, -0.2) is 4.98 Å². The summed E-state index contributed by atoms with van der Waals surface area (Å²) in [5.74, 6) is -0.321. The standard InChI is InChI=1S/C12H9BrClN3O/c13-9-3-2-8(15)5-11(9)17-12(18)10-4-1-7(14)6-16-10/h1-6H,15H2,(H,17,18). The van der Waals surface area contributed by atoms with Gasteiger partial charge in [0.25, 0.3) is 5.91 Å². The van der Waals surface area contributed by atoms with Crippen LogP contribution in [0.4, 0.5) is 11.4 Å². The summed E-state index contributed by atoms with van der Waals surface area (Å²) in [4.78, 5) is 15.8. The van der Waals surface area contributed by atoms with Gasteiger partial charge < -0.3 is 11.1 Å². The molecule has 2 aromatic rings. The Kier molecular flexibility index (Phi) is 3.84. The molecule has 2 rings (SSSR count). The molecule has 0 spiro atoms. The van der Waals surface area contributed by atoms with E-state index in [1.165, 1.54) is 6.20 Å². The van der Waals surface area contributed by atoms with E-state index in [9.17, 15) is 4.79 Å². The van der Waals surface area contributed by atoms with Gasteiger partial charge in [0.05, 0.1) is 10.7 Å². The van der Waals surface area contributed by atoms with Crippen molar-refractivity contribution in [3.8, 4) is 0 Å². The average Bonchev–Trinajstić information content (AvgIpc) is 2.34. The number of anilines is 2. The second-order valence-electron chi connectivity index (χ2n) is 3.56. The zero-order valence-corrected chi connectivity index (χ0v) is 11.5. The molecule has 0 saturated carbocycles. The lowest BCUT2D eigenvalue weighted by molar-refractivity contribution is 0.102. The fraction of sp³-hybridized carbons (Fsp3) is 0. The second kappa shape index (κ2) is 5.37. The predicted octanol–water partition coefficient (Wildman–Crippen LogP) is 3.33. The summed E-state index contributed by atoms with van der Waals surface area (Å²) in [6.07, 6.45) is 1.42. The molecule has 0 aliphatic carbocycles. The molecule has 1 aromatic heterocycles. The van der Waals surface area contributed by atoms with Gasteiger partial charge in [-0.3, -0.25) is 4.79 Å². The molecule has 1 heterocycles. The van der Waals surface area contributed by atoms with Gasteiger partial charge in [0.2, 0.25) is 0 Å². The Hall–Kier alpha value is -1.59. The highest BCUT2D eigenvalue weighted by Crippen LogP contribution is 2.25. The van der Waals surface area contributed by atoms with Gasteiger partial charge in [-0.05, 0) is 46.3 Å². The lowest BCUT2D eigenvalue weighted by Crippen LogP contribution is -2.13. The van der Waals surface area contributed by atoms with Crippen LogP contribution in [-0.4, -0.2) is 10.9 Å². The van der Waals surface area contributed by atoms with E-state index in [2.05, 4.69) is 26.2 Å². The second-order valence-corrected chi connectivity index (χ2v) is 4.85. The first-order valence-corrected chi connectivity index (χ1v) is 6.21. The van der Waals surface area contributed by atoms with E-state index in [-0.39, 0.29) is 11.6 Å². The fourth-order valence-electron chi connectivity index (χ4n) is 1.34. The van der Waals surface area contributed by atoms with Gasteiger partial charge in [-0.1, -0.05) is 11.6 Å². The van der Waals surface area contributed by atoms with Crippen LogP contribution in [0.5, 0.6) is 0 Å². The number of nitrogens with one attached hydrogen (secondary N) is 1. The molecule has 1 aromatic carbocycles. The molecule has 4 nitrogen and oxygen atoms in total. The Bertz CT molecular complexity index is 586. The molecule has 0 fully saturated rings. The summed E-state index contributed by atoms with van der Waals surface area (Å²) in [6.45, 7) is 0. The Morgan fingerprint density at radius 1 is 1.33 bits per heavy atom. The Morgan fingerprint density at radius 2 is 2.11 bits per heavy atom. The van der Waals surface area contributed by atoms with Crippen LogP contribution in [0.3, 0.4) is 0 Å². The monoisotopic (exact) mass is 325 g/mol. The van der Waals surface area contributed by atoms with Crippen LogP contribution < -0.4 is 11.1 Å². The maximum atomic E-state index is 11.9. The van der Waals surface area contributed by atoms with E-state index < -0.39 is 0 Å². The number of pyridine rings is 1. The van der Waals surface area contributed by atoms with Gasteiger partial charge in [-0.2, -0.15) is 0 Å². The van der Waals surface area contributed by atoms with Crippen molar-refractivity contribution in [1.29, 1.82) is 0 Å². The third-order valence-corrected chi connectivity index (χ3v) is 3.11. The molecule has 6 heteroatoms. The molecule has 0 unspecified atom stereocenters. The first-order valence-electron chi connectivity index (χ1n) is 5.04. The zero-order chi connectivity index (χ0) is 13.1. The van der Waals surface area contributed by atoms with Gasteiger partial charge in [-0.15, -0.1) is 0 Å². The molecular formula is C12H9BrClN3O. The van der Waals surface area contributed by atoms with E-state index in [1.807, 2.05) is 0 Å². The van der Waals surface area contributed by atoms with E-state index in [0.717, 1.165) is 4.47 Å². The summed E-state index contributed by atoms with van der Waals surface area (Å²) in [7, 11) is 0. The number of nitrogens with zero attached hydrogens (tertiary/aromatic N) is 1. The SMILES string of the molecule is Nc1ccc(Br)c(NC(=O)c2ccc(Cl)cn2)c1. The maximum Gasteiger partial charge on any atom is 0.274 e. The van der Waals surface area contributed by atoms with Crippen LogP contribution in [-0.2, 0) is 0 Å². The van der Waals surface area contributed by atoms with Crippen LogP contribution in [0.2, 0.25) is 5.02 Å². The highest BCUT2D eigenvalue weighted by atomic mass is 79.9. The topological polar surface area (TPSA) is 68.0 Å². The van der Waals surface area contributed by atoms with Crippen LogP contribution in [0.1, 0.15) is 10.5 Å². The van der Waals surface area contributed by atoms with Crippen molar-refractivity contribution in [2.75, 3.05) is 11.1 Å². The molecule has 3 N–H and O–H groups in total. The number of amides is 1. The minimum Gasteiger partial charge on any atom is -0.399 e. The molecule has 92 valence electrons. The number of nitrogens with two attached hydrogens (primary N) is 1. The summed E-state index contributed by atoms with van der Waals surface area (Å²) in [5.41, 5.74) is 7.10. The molecule has 0 bridgehead atoms. The van der Waals surface area contributed by atoms with Gasteiger partial charge in [0.1, 0.15) is 5.69 Å². The third kappa shape index (κ3) is 3.00. The van der Waals surface area contributed by atoms with E-state index >= 15 is 0 Å². The highest BCUT2D eigenvalue weighted by molar-refractivity contribution is 9.10. The van der Waals surface area contributed by atoms with Crippen molar-refractivity contribution in [3.63, 3.8) is 0 Å². The number of benzene rings is 1. The molecular weight excluding hydrogens is 318 g/mol. The first kappa shape index (κ1) is 12.9. The molecule has 0 atom stereocenters. The van der Waals surface area contributed by atoms with Crippen LogP contribution in [0.25, 0.3) is 0 Å².